The summed E-state index contributed by atoms with van der Waals surface area (Å²) in [6.07, 6.45) is 1.67. The molecular weight excluding hydrogens is 288 g/mol. The van der Waals surface area contributed by atoms with Crippen LogP contribution < -0.4 is 0 Å². The van der Waals surface area contributed by atoms with Gasteiger partial charge in [0.15, 0.2) is 0 Å². The van der Waals surface area contributed by atoms with E-state index in [1.807, 2.05) is 6.07 Å². The highest BCUT2D eigenvalue weighted by atomic mass is 16.5. The van der Waals surface area contributed by atoms with E-state index < -0.39 is 6.04 Å². The van der Waals surface area contributed by atoms with E-state index in [2.05, 4.69) is 5.10 Å². The molecule has 22 heavy (non-hydrogen) atoms. The number of hydrogen-bond donors (Lipinski definition) is 0. The highest BCUT2D eigenvalue weighted by molar-refractivity contribution is 5.83. The summed E-state index contributed by atoms with van der Waals surface area (Å²) in [4.78, 5) is 28.3. The van der Waals surface area contributed by atoms with Crippen molar-refractivity contribution in [3.05, 3.63) is 18.0 Å². The van der Waals surface area contributed by atoms with E-state index in [4.69, 9.17) is 9.47 Å². The Morgan fingerprint density at radius 3 is 2.86 bits per heavy atom. The van der Waals surface area contributed by atoms with Gasteiger partial charge in [0.05, 0.1) is 32.0 Å². The highest BCUT2D eigenvalue weighted by Crippen LogP contribution is 2.22. The molecule has 120 valence electrons. The summed E-state index contributed by atoms with van der Waals surface area (Å²) < 4.78 is 11.9. The van der Waals surface area contributed by atoms with Crippen molar-refractivity contribution in [3.63, 3.8) is 0 Å². The number of fused-ring (bicyclic) bond motifs is 1. The lowest BCUT2D eigenvalue weighted by Gasteiger charge is -2.36. The van der Waals surface area contributed by atoms with Crippen molar-refractivity contribution in [1.82, 2.24) is 19.6 Å². The number of rotatable bonds is 3. The molecule has 2 amide bonds. The lowest BCUT2D eigenvalue weighted by Crippen LogP contribution is -2.51. The first kappa shape index (κ1) is 15.0. The molecule has 0 spiro atoms. The number of hydrogen-bond acceptors (Lipinski definition) is 5. The topological polar surface area (TPSA) is 76.9 Å². The largest absolute Gasteiger partial charge is 0.378 e. The van der Waals surface area contributed by atoms with Crippen LogP contribution in [-0.4, -0.2) is 78.0 Å². The predicted octanol–water partition coefficient (Wildman–Crippen LogP) is -0.728. The van der Waals surface area contributed by atoms with Gasteiger partial charge in [-0.1, -0.05) is 0 Å². The third-order valence-electron chi connectivity index (χ3n) is 4.02. The minimum absolute atomic E-state index is 0.0110. The van der Waals surface area contributed by atoms with E-state index in [0.29, 0.717) is 39.4 Å². The van der Waals surface area contributed by atoms with Crippen molar-refractivity contribution in [2.75, 3.05) is 46.6 Å². The number of nitrogens with zero attached hydrogens (tertiary/aromatic N) is 4. The molecule has 8 heteroatoms. The summed E-state index contributed by atoms with van der Waals surface area (Å²) in [5.41, 5.74) is 0.863. The van der Waals surface area contributed by atoms with Gasteiger partial charge in [-0.15, -0.1) is 0 Å². The molecule has 0 bridgehead atoms. The van der Waals surface area contributed by atoms with E-state index >= 15 is 0 Å². The van der Waals surface area contributed by atoms with Gasteiger partial charge in [-0.3, -0.25) is 14.3 Å². The van der Waals surface area contributed by atoms with Gasteiger partial charge in [0, 0.05) is 26.4 Å². The molecule has 0 unspecified atom stereocenters. The zero-order chi connectivity index (χ0) is 15.5. The fraction of sp³-hybridized carbons (Fsp3) is 0.643. The van der Waals surface area contributed by atoms with Gasteiger partial charge >= 0.3 is 0 Å². The number of methoxy groups -OCH3 is 1. The first-order valence-electron chi connectivity index (χ1n) is 7.36. The van der Waals surface area contributed by atoms with Gasteiger partial charge < -0.3 is 19.3 Å². The molecular formula is C14H20N4O4. The van der Waals surface area contributed by atoms with Gasteiger partial charge in [0.1, 0.15) is 12.6 Å². The average molecular weight is 308 g/mol. The Balaban J connectivity index is 1.80. The maximum absolute atomic E-state index is 12.8. The molecule has 1 aromatic heterocycles. The fourth-order valence-corrected chi connectivity index (χ4v) is 2.88. The van der Waals surface area contributed by atoms with Crippen molar-refractivity contribution < 1.29 is 19.1 Å². The van der Waals surface area contributed by atoms with Crippen LogP contribution in [-0.2, 0) is 25.6 Å². The molecule has 2 aliphatic rings. The zero-order valence-electron chi connectivity index (χ0n) is 12.6. The average Bonchev–Trinajstić information content (AvgIpc) is 3.02. The van der Waals surface area contributed by atoms with Crippen molar-refractivity contribution in [1.29, 1.82) is 0 Å². The van der Waals surface area contributed by atoms with Gasteiger partial charge in [0.2, 0.25) is 11.8 Å². The second-order valence-corrected chi connectivity index (χ2v) is 5.43. The Kier molecular flexibility index (Phi) is 4.39. The summed E-state index contributed by atoms with van der Waals surface area (Å²) in [5.74, 6) is -0.127. The highest BCUT2D eigenvalue weighted by Gasteiger charge is 2.35. The first-order valence-corrected chi connectivity index (χ1v) is 7.36. The SMILES string of the molecule is COCC(=O)N1Cc2ccnn2[C@H](C(=O)N2CCOCC2)C1. The van der Waals surface area contributed by atoms with Crippen LogP contribution >= 0.6 is 0 Å². The Labute approximate surface area is 128 Å². The molecule has 2 aliphatic heterocycles. The summed E-state index contributed by atoms with van der Waals surface area (Å²) in [5, 5.41) is 4.26. The molecule has 1 aromatic rings. The predicted molar refractivity (Wildman–Crippen MR) is 76.0 cm³/mol. The number of carbonyl (C=O) groups is 2. The van der Waals surface area contributed by atoms with Crippen molar-refractivity contribution >= 4 is 11.8 Å². The van der Waals surface area contributed by atoms with E-state index in [9.17, 15) is 9.59 Å². The molecule has 1 saturated heterocycles. The number of morpholine rings is 1. The Morgan fingerprint density at radius 2 is 2.14 bits per heavy atom. The van der Waals surface area contributed by atoms with Crippen LogP contribution in [0.15, 0.2) is 12.3 Å². The summed E-state index contributed by atoms with van der Waals surface area (Å²) >= 11 is 0. The molecule has 8 nitrogen and oxygen atoms in total. The van der Waals surface area contributed by atoms with Crippen LogP contribution in [0.2, 0.25) is 0 Å². The maximum atomic E-state index is 12.8. The molecule has 3 rings (SSSR count). The van der Waals surface area contributed by atoms with Crippen molar-refractivity contribution in [2.45, 2.75) is 12.6 Å². The van der Waals surface area contributed by atoms with E-state index in [0.717, 1.165) is 5.69 Å². The Morgan fingerprint density at radius 1 is 1.36 bits per heavy atom. The zero-order valence-corrected chi connectivity index (χ0v) is 12.6. The number of amides is 2. The lowest BCUT2D eigenvalue weighted by molar-refractivity contribution is -0.144. The molecule has 0 aliphatic carbocycles. The van der Waals surface area contributed by atoms with E-state index in [-0.39, 0.29) is 18.4 Å². The maximum Gasteiger partial charge on any atom is 0.249 e. The third kappa shape index (κ3) is 2.84. The van der Waals surface area contributed by atoms with Crippen LogP contribution in [0.25, 0.3) is 0 Å². The van der Waals surface area contributed by atoms with E-state index in [1.165, 1.54) is 7.11 Å². The third-order valence-corrected chi connectivity index (χ3v) is 4.02. The summed E-state index contributed by atoms with van der Waals surface area (Å²) in [6.45, 7) is 3.07. The van der Waals surface area contributed by atoms with E-state index in [1.54, 1.807) is 20.7 Å². The molecule has 3 heterocycles. The first-order chi connectivity index (χ1) is 10.7. The normalized spacial score (nSPS) is 21.6. The van der Waals surface area contributed by atoms with Gasteiger partial charge in [0.25, 0.3) is 0 Å². The lowest BCUT2D eigenvalue weighted by atomic mass is 10.1. The van der Waals surface area contributed by atoms with Crippen LogP contribution in [0.3, 0.4) is 0 Å². The van der Waals surface area contributed by atoms with Crippen LogP contribution in [0.4, 0.5) is 0 Å². The smallest absolute Gasteiger partial charge is 0.249 e. The Bertz CT molecular complexity index is 553. The molecule has 0 N–H and O–H groups in total. The quantitative estimate of drug-likeness (QED) is 0.736. The van der Waals surface area contributed by atoms with Crippen molar-refractivity contribution in [3.8, 4) is 0 Å². The van der Waals surface area contributed by atoms with Crippen LogP contribution in [0.1, 0.15) is 11.7 Å². The summed E-state index contributed by atoms with van der Waals surface area (Å²) in [7, 11) is 1.49. The van der Waals surface area contributed by atoms with Crippen molar-refractivity contribution in [2.24, 2.45) is 0 Å². The minimum atomic E-state index is -0.474. The molecule has 1 atom stereocenters. The number of aromatic nitrogens is 2. The molecule has 1 fully saturated rings. The number of carbonyl (C=O) groups excluding carboxylic acids is 2. The fourth-order valence-electron chi connectivity index (χ4n) is 2.88. The molecule has 0 radical (unpaired) electrons. The number of ether oxygens (including phenoxy) is 2. The van der Waals surface area contributed by atoms with Gasteiger partial charge in [-0.05, 0) is 6.07 Å². The van der Waals surface area contributed by atoms with Gasteiger partial charge in [-0.25, -0.2) is 0 Å². The monoisotopic (exact) mass is 308 g/mol. The van der Waals surface area contributed by atoms with Gasteiger partial charge in [-0.2, -0.15) is 5.10 Å². The van der Waals surface area contributed by atoms with Crippen LogP contribution in [0, 0.1) is 0 Å². The second-order valence-electron chi connectivity index (χ2n) is 5.43. The standard InChI is InChI=1S/C14H20N4O4/c1-21-10-13(19)17-8-11-2-3-15-18(11)12(9-17)14(20)16-4-6-22-7-5-16/h2-3,12H,4-10H2,1H3/t12-/m0/s1. The minimum Gasteiger partial charge on any atom is -0.378 e. The summed E-state index contributed by atoms with van der Waals surface area (Å²) in [6, 6.07) is 1.36. The van der Waals surface area contributed by atoms with Crippen LogP contribution in [0.5, 0.6) is 0 Å². The Hall–Kier alpha value is -1.93. The molecule has 0 aromatic carbocycles. The second kappa shape index (κ2) is 6.45. The molecule has 0 saturated carbocycles.